The first-order valence-corrected chi connectivity index (χ1v) is 10.5. The lowest BCUT2D eigenvalue weighted by Gasteiger charge is -2.27. The number of nitro groups is 1. The maximum absolute atomic E-state index is 12.4. The van der Waals surface area contributed by atoms with E-state index in [1.165, 1.54) is 23.9 Å². The Balaban J connectivity index is 1.40. The standard InChI is InChI=1S/C18H22N6O4S/c1-12-10-14(24(26)27)4-5-15(12)19-16(25)11-29-18-21-20-17(23(18)13-2-3-13)22-6-8-28-9-7-22/h4-5,10,13H,2-3,6-9,11H2,1H3,(H,19,25). The van der Waals surface area contributed by atoms with Gasteiger partial charge in [0.1, 0.15) is 0 Å². The topological polar surface area (TPSA) is 115 Å². The first kappa shape index (κ1) is 19.6. The molecule has 29 heavy (non-hydrogen) atoms. The summed E-state index contributed by atoms with van der Waals surface area (Å²) in [5, 5.41) is 23.1. The second-order valence-corrected chi connectivity index (χ2v) is 8.02. The number of nitrogens with one attached hydrogen (secondary N) is 1. The highest BCUT2D eigenvalue weighted by atomic mass is 32.2. The highest BCUT2D eigenvalue weighted by molar-refractivity contribution is 7.99. The van der Waals surface area contributed by atoms with Crippen molar-refractivity contribution in [3.05, 3.63) is 33.9 Å². The Morgan fingerprint density at radius 2 is 2.10 bits per heavy atom. The molecule has 2 heterocycles. The fraction of sp³-hybridized carbons (Fsp3) is 0.500. The number of amides is 1. The van der Waals surface area contributed by atoms with Gasteiger partial charge in [-0.15, -0.1) is 10.2 Å². The summed E-state index contributed by atoms with van der Waals surface area (Å²) in [7, 11) is 0. The maximum atomic E-state index is 12.4. The number of aromatic nitrogens is 3. The number of benzene rings is 1. The Kier molecular flexibility index (Phi) is 5.67. The van der Waals surface area contributed by atoms with E-state index >= 15 is 0 Å². The molecule has 1 saturated heterocycles. The molecule has 11 heteroatoms. The third kappa shape index (κ3) is 4.51. The van der Waals surface area contributed by atoms with Crippen molar-refractivity contribution in [3.8, 4) is 0 Å². The highest BCUT2D eigenvalue weighted by Crippen LogP contribution is 2.41. The second kappa shape index (κ2) is 8.37. The summed E-state index contributed by atoms with van der Waals surface area (Å²) in [4.78, 5) is 25.0. The molecule has 0 spiro atoms. The van der Waals surface area contributed by atoms with Crippen molar-refractivity contribution >= 4 is 35.0 Å². The zero-order chi connectivity index (χ0) is 20.4. The molecule has 2 aromatic rings. The van der Waals surface area contributed by atoms with Gasteiger partial charge in [0.15, 0.2) is 5.16 Å². The third-order valence-electron chi connectivity index (χ3n) is 4.88. The van der Waals surface area contributed by atoms with Crippen molar-refractivity contribution in [2.45, 2.75) is 31.0 Å². The number of carbonyl (C=O) groups excluding carboxylic acids is 1. The monoisotopic (exact) mass is 418 g/mol. The first-order chi connectivity index (χ1) is 14.0. The summed E-state index contributed by atoms with van der Waals surface area (Å²) >= 11 is 1.35. The molecule has 0 bridgehead atoms. The Morgan fingerprint density at radius 1 is 1.34 bits per heavy atom. The Hall–Kier alpha value is -2.66. The normalized spacial score (nSPS) is 16.7. The number of hydrogen-bond donors (Lipinski definition) is 1. The molecule has 0 unspecified atom stereocenters. The van der Waals surface area contributed by atoms with E-state index in [1.807, 2.05) is 0 Å². The molecule has 1 amide bonds. The van der Waals surface area contributed by atoms with Gasteiger partial charge in [-0.05, 0) is 31.4 Å². The van der Waals surface area contributed by atoms with Gasteiger partial charge >= 0.3 is 0 Å². The summed E-state index contributed by atoms with van der Waals surface area (Å²) in [6.07, 6.45) is 2.19. The molecule has 1 N–H and O–H groups in total. The third-order valence-corrected chi connectivity index (χ3v) is 5.82. The van der Waals surface area contributed by atoms with Crippen LogP contribution in [0.4, 0.5) is 17.3 Å². The Bertz CT molecular complexity index is 923. The number of morpholine rings is 1. The van der Waals surface area contributed by atoms with Crippen molar-refractivity contribution in [1.29, 1.82) is 0 Å². The first-order valence-electron chi connectivity index (χ1n) is 9.48. The molecular formula is C18H22N6O4S. The molecule has 1 aliphatic carbocycles. The summed E-state index contributed by atoms with van der Waals surface area (Å²) in [6, 6.07) is 4.78. The number of hydrogen-bond acceptors (Lipinski definition) is 8. The van der Waals surface area contributed by atoms with E-state index in [9.17, 15) is 14.9 Å². The molecule has 0 radical (unpaired) electrons. The predicted octanol–water partition coefficient (Wildman–Crippen LogP) is 2.40. The molecule has 1 saturated carbocycles. The minimum absolute atomic E-state index is 0.00283. The van der Waals surface area contributed by atoms with Gasteiger partial charge < -0.3 is 15.0 Å². The van der Waals surface area contributed by atoms with Gasteiger partial charge in [-0.2, -0.15) is 0 Å². The molecular weight excluding hydrogens is 396 g/mol. The molecule has 1 aromatic carbocycles. The van der Waals surface area contributed by atoms with Crippen LogP contribution in [0.2, 0.25) is 0 Å². The fourth-order valence-corrected chi connectivity index (χ4v) is 4.02. The van der Waals surface area contributed by atoms with Crippen LogP contribution in [-0.4, -0.2) is 57.7 Å². The van der Waals surface area contributed by atoms with Crippen molar-refractivity contribution in [3.63, 3.8) is 0 Å². The smallest absolute Gasteiger partial charge is 0.269 e. The summed E-state index contributed by atoms with van der Waals surface area (Å²) in [5.74, 6) is 0.847. The van der Waals surface area contributed by atoms with Crippen LogP contribution in [0.25, 0.3) is 0 Å². The number of carbonyl (C=O) groups is 1. The molecule has 4 rings (SSSR count). The van der Waals surface area contributed by atoms with Gasteiger partial charge in [0.05, 0.1) is 23.9 Å². The van der Waals surface area contributed by atoms with Crippen LogP contribution >= 0.6 is 11.8 Å². The minimum atomic E-state index is -0.453. The number of thioether (sulfide) groups is 1. The fourth-order valence-electron chi connectivity index (χ4n) is 3.22. The van der Waals surface area contributed by atoms with E-state index in [1.54, 1.807) is 13.0 Å². The van der Waals surface area contributed by atoms with Gasteiger partial charge in [0, 0.05) is 37.0 Å². The maximum Gasteiger partial charge on any atom is 0.269 e. The van der Waals surface area contributed by atoms with E-state index in [2.05, 4.69) is 25.0 Å². The minimum Gasteiger partial charge on any atom is -0.378 e. The van der Waals surface area contributed by atoms with Crippen molar-refractivity contribution in [1.82, 2.24) is 14.8 Å². The number of rotatable bonds is 7. The van der Waals surface area contributed by atoms with E-state index in [0.29, 0.717) is 30.5 Å². The van der Waals surface area contributed by atoms with E-state index < -0.39 is 4.92 Å². The molecule has 1 aromatic heterocycles. The number of non-ortho nitro benzene ring substituents is 1. The zero-order valence-corrected chi connectivity index (χ0v) is 16.9. The molecule has 10 nitrogen and oxygen atoms in total. The average molecular weight is 418 g/mol. The van der Waals surface area contributed by atoms with Crippen LogP contribution in [0.1, 0.15) is 24.4 Å². The van der Waals surface area contributed by atoms with Crippen molar-refractivity contribution < 1.29 is 14.5 Å². The number of nitrogens with zero attached hydrogens (tertiary/aromatic N) is 5. The summed E-state index contributed by atoms with van der Waals surface area (Å²) in [6.45, 7) is 4.66. The van der Waals surface area contributed by atoms with Crippen molar-refractivity contribution in [2.75, 3.05) is 42.3 Å². The van der Waals surface area contributed by atoms with Gasteiger partial charge in [0.25, 0.3) is 5.69 Å². The Morgan fingerprint density at radius 3 is 2.76 bits per heavy atom. The molecule has 2 fully saturated rings. The lowest BCUT2D eigenvalue weighted by Crippen LogP contribution is -2.38. The number of nitro benzene ring substituents is 1. The Labute approximate surface area is 171 Å². The van der Waals surface area contributed by atoms with Crippen molar-refractivity contribution in [2.24, 2.45) is 0 Å². The molecule has 0 atom stereocenters. The van der Waals surface area contributed by atoms with E-state index in [4.69, 9.17) is 4.74 Å². The van der Waals surface area contributed by atoms with Crippen LogP contribution in [0.3, 0.4) is 0 Å². The van der Waals surface area contributed by atoms with Gasteiger partial charge in [0.2, 0.25) is 11.9 Å². The molecule has 154 valence electrons. The predicted molar refractivity (Wildman–Crippen MR) is 109 cm³/mol. The quantitative estimate of drug-likeness (QED) is 0.414. The van der Waals surface area contributed by atoms with Gasteiger partial charge in [-0.25, -0.2) is 0 Å². The summed E-state index contributed by atoms with van der Waals surface area (Å²) < 4.78 is 7.55. The van der Waals surface area contributed by atoms with Crippen LogP contribution in [0, 0.1) is 17.0 Å². The molecule has 1 aliphatic heterocycles. The largest absolute Gasteiger partial charge is 0.378 e. The van der Waals surface area contributed by atoms with E-state index in [0.717, 1.165) is 37.0 Å². The van der Waals surface area contributed by atoms with Crippen LogP contribution in [-0.2, 0) is 9.53 Å². The lowest BCUT2D eigenvalue weighted by atomic mass is 10.2. The second-order valence-electron chi connectivity index (χ2n) is 7.08. The van der Waals surface area contributed by atoms with Gasteiger partial charge in [-0.1, -0.05) is 11.8 Å². The van der Waals surface area contributed by atoms with Crippen LogP contribution < -0.4 is 10.2 Å². The number of ether oxygens (including phenoxy) is 1. The van der Waals surface area contributed by atoms with Crippen LogP contribution in [0.5, 0.6) is 0 Å². The SMILES string of the molecule is Cc1cc([N+](=O)[O-])ccc1NC(=O)CSc1nnc(N2CCOCC2)n1C1CC1. The summed E-state index contributed by atoms with van der Waals surface area (Å²) in [5.41, 5.74) is 1.22. The lowest BCUT2D eigenvalue weighted by molar-refractivity contribution is -0.384. The van der Waals surface area contributed by atoms with Gasteiger partial charge in [-0.3, -0.25) is 19.5 Å². The number of anilines is 2. The average Bonchev–Trinajstić information content (AvgIpc) is 3.47. The number of aryl methyl sites for hydroxylation is 1. The highest BCUT2D eigenvalue weighted by Gasteiger charge is 2.32. The van der Waals surface area contributed by atoms with E-state index in [-0.39, 0.29) is 17.3 Å². The van der Waals surface area contributed by atoms with Crippen LogP contribution in [0.15, 0.2) is 23.4 Å². The zero-order valence-electron chi connectivity index (χ0n) is 16.0. The molecule has 2 aliphatic rings.